The number of hydrogen-bond acceptors (Lipinski definition) is 3. The first-order valence-corrected chi connectivity index (χ1v) is 10.3. The van der Waals surface area contributed by atoms with Crippen molar-refractivity contribution >= 4 is 11.7 Å². The number of nitrogens with zero attached hydrogens (tertiary/aromatic N) is 2. The van der Waals surface area contributed by atoms with Gasteiger partial charge in [-0.05, 0) is 62.9 Å². The first-order chi connectivity index (χ1) is 14.0. The fourth-order valence-corrected chi connectivity index (χ4v) is 4.02. The number of halogens is 1. The van der Waals surface area contributed by atoms with Gasteiger partial charge in [-0.3, -0.25) is 9.59 Å². The molecule has 0 bridgehead atoms. The van der Waals surface area contributed by atoms with Crippen molar-refractivity contribution in [3.8, 4) is 0 Å². The maximum Gasteiger partial charge on any atom is 0.254 e. The topological polar surface area (TPSA) is 40.6 Å². The van der Waals surface area contributed by atoms with Crippen LogP contribution in [0.25, 0.3) is 0 Å². The molecule has 3 rings (SSSR count). The molecule has 2 aromatic rings. The minimum Gasteiger partial charge on any atom is -0.341 e. The molecule has 0 unspecified atom stereocenters. The Balaban J connectivity index is 1.48. The molecule has 1 saturated heterocycles. The predicted molar refractivity (Wildman–Crippen MR) is 113 cm³/mol. The van der Waals surface area contributed by atoms with Gasteiger partial charge in [-0.25, -0.2) is 4.39 Å². The standard InChI is InChI=1S/C24H29FN2O2/c1-18(28)21-8-4-5-9-22(21)24(29)26(2)17-19-11-14-27(15-12-19)16-13-20-7-3-6-10-23(20)25/h3-10,19H,11-17H2,1-2H3. The molecule has 1 amide bonds. The summed E-state index contributed by atoms with van der Waals surface area (Å²) in [5.74, 6) is 0.120. The van der Waals surface area contributed by atoms with E-state index >= 15 is 0 Å². The summed E-state index contributed by atoms with van der Waals surface area (Å²) in [6.45, 7) is 4.96. The second-order valence-corrected chi connectivity index (χ2v) is 7.91. The second kappa shape index (κ2) is 9.79. The molecule has 0 N–H and O–H groups in total. The lowest BCUT2D eigenvalue weighted by molar-refractivity contribution is 0.0736. The average Bonchev–Trinajstić information content (AvgIpc) is 2.73. The zero-order valence-corrected chi connectivity index (χ0v) is 17.2. The Hall–Kier alpha value is -2.53. The fraction of sp³-hybridized carbons (Fsp3) is 0.417. The zero-order valence-electron chi connectivity index (χ0n) is 17.2. The summed E-state index contributed by atoms with van der Waals surface area (Å²) in [5.41, 5.74) is 1.72. The highest BCUT2D eigenvalue weighted by Crippen LogP contribution is 2.20. The number of hydrogen-bond donors (Lipinski definition) is 0. The van der Waals surface area contributed by atoms with Gasteiger partial charge in [0, 0.05) is 25.7 Å². The van der Waals surface area contributed by atoms with Crippen LogP contribution in [0.1, 0.15) is 46.0 Å². The van der Waals surface area contributed by atoms with Gasteiger partial charge in [-0.15, -0.1) is 0 Å². The van der Waals surface area contributed by atoms with Gasteiger partial charge in [0.2, 0.25) is 0 Å². The predicted octanol–water partition coefficient (Wildman–Crippen LogP) is 4.06. The number of carbonyl (C=O) groups excluding carboxylic acids is 2. The third kappa shape index (κ3) is 5.51. The molecule has 2 aromatic carbocycles. The van der Waals surface area contributed by atoms with Crippen LogP contribution in [0.2, 0.25) is 0 Å². The fourth-order valence-electron chi connectivity index (χ4n) is 4.02. The molecule has 0 radical (unpaired) electrons. The van der Waals surface area contributed by atoms with Crippen molar-refractivity contribution in [1.82, 2.24) is 9.80 Å². The van der Waals surface area contributed by atoms with Crippen LogP contribution >= 0.6 is 0 Å². The van der Waals surface area contributed by atoms with E-state index in [9.17, 15) is 14.0 Å². The number of rotatable bonds is 7. The molecule has 1 fully saturated rings. The Morgan fingerprint density at radius 3 is 2.31 bits per heavy atom. The van der Waals surface area contributed by atoms with E-state index in [0.29, 0.717) is 23.6 Å². The average molecular weight is 397 g/mol. The van der Waals surface area contributed by atoms with Crippen LogP contribution in [-0.2, 0) is 6.42 Å². The van der Waals surface area contributed by atoms with Crippen molar-refractivity contribution in [1.29, 1.82) is 0 Å². The number of piperidine rings is 1. The largest absolute Gasteiger partial charge is 0.341 e. The third-order valence-electron chi connectivity index (χ3n) is 5.78. The van der Waals surface area contributed by atoms with Crippen molar-refractivity contribution in [3.63, 3.8) is 0 Å². The Bertz CT molecular complexity index is 859. The first-order valence-electron chi connectivity index (χ1n) is 10.3. The van der Waals surface area contributed by atoms with E-state index in [4.69, 9.17) is 0 Å². The monoisotopic (exact) mass is 396 g/mol. The van der Waals surface area contributed by atoms with Gasteiger partial charge in [0.1, 0.15) is 5.82 Å². The normalized spacial score (nSPS) is 15.3. The molecular formula is C24H29FN2O2. The molecule has 154 valence electrons. The van der Waals surface area contributed by atoms with Gasteiger partial charge in [0.05, 0.1) is 5.56 Å². The number of ketones is 1. The lowest BCUT2D eigenvalue weighted by atomic mass is 9.95. The zero-order chi connectivity index (χ0) is 20.8. The smallest absolute Gasteiger partial charge is 0.254 e. The quantitative estimate of drug-likeness (QED) is 0.663. The van der Waals surface area contributed by atoms with Crippen molar-refractivity contribution in [2.75, 3.05) is 33.2 Å². The third-order valence-corrected chi connectivity index (χ3v) is 5.78. The van der Waals surface area contributed by atoms with Crippen LogP contribution in [0.5, 0.6) is 0 Å². The van der Waals surface area contributed by atoms with Crippen molar-refractivity contribution in [2.45, 2.75) is 26.2 Å². The van der Waals surface area contributed by atoms with Crippen LogP contribution in [0.4, 0.5) is 4.39 Å². The minimum absolute atomic E-state index is 0.0921. The van der Waals surface area contributed by atoms with Gasteiger partial charge < -0.3 is 9.80 Å². The highest BCUT2D eigenvalue weighted by molar-refractivity contribution is 6.07. The summed E-state index contributed by atoms with van der Waals surface area (Å²) in [5, 5.41) is 0. The Morgan fingerprint density at radius 1 is 1.03 bits per heavy atom. The van der Waals surface area contributed by atoms with E-state index in [1.807, 2.05) is 19.2 Å². The number of benzene rings is 2. The van der Waals surface area contributed by atoms with Crippen molar-refractivity contribution in [2.24, 2.45) is 5.92 Å². The Labute approximate surface area is 172 Å². The van der Waals surface area contributed by atoms with Crippen molar-refractivity contribution in [3.05, 3.63) is 71.0 Å². The Kier molecular flexibility index (Phi) is 7.15. The highest BCUT2D eigenvalue weighted by atomic mass is 19.1. The molecule has 1 heterocycles. The maximum atomic E-state index is 13.8. The molecule has 1 aliphatic heterocycles. The molecule has 0 spiro atoms. The van der Waals surface area contributed by atoms with E-state index < -0.39 is 0 Å². The van der Waals surface area contributed by atoms with Gasteiger partial charge >= 0.3 is 0 Å². The molecule has 0 aliphatic carbocycles. The minimum atomic E-state index is -0.131. The first kappa shape index (κ1) is 21.2. The molecule has 29 heavy (non-hydrogen) atoms. The van der Waals surface area contributed by atoms with E-state index in [1.54, 1.807) is 35.2 Å². The van der Waals surface area contributed by atoms with Crippen LogP contribution in [-0.4, -0.2) is 54.7 Å². The highest BCUT2D eigenvalue weighted by Gasteiger charge is 2.24. The van der Waals surface area contributed by atoms with Gasteiger partial charge in [-0.1, -0.05) is 36.4 Å². The van der Waals surface area contributed by atoms with Gasteiger partial charge in [0.15, 0.2) is 5.78 Å². The molecule has 0 atom stereocenters. The van der Waals surface area contributed by atoms with E-state index in [2.05, 4.69) is 4.90 Å². The summed E-state index contributed by atoms with van der Waals surface area (Å²) in [7, 11) is 1.81. The molecule has 5 heteroatoms. The number of likely N-dealkylation sites (tertiary alicyclic amines) is 1. The van der Waals surface area contributed by atoms with Crippen LogP contribution in [0.3, 0.4) is 0 Å². The maximum absolute atomic E-state index is 13.8. The number of amides is 1. The molecule has 0 saturated carbocycles. The van der Waals surface area contributed by atoms with Crippen molar-refractivity contribution < 1.29 is 14.0 Å². The molecule has 4 nitrogen and oxygen atoms in total. The van der Waals surface area contributed by atoms with E-state index in [-0.39, 0.29) is 17.5 Å². The summed E-state index contributed by atoms with van der Waals surface area (Å²) in [6.07, 6.45) is 2.75. The van der Waals surface area contributed by atoms with E-state index in [1.165, 1.54) is 13.0 Å². The lowest BCUT2D eigenvalue weighted by Crippen LogP contribution is -2.40. The van der Waals surface area contributed by atoms with Gasteiger partial charge in [-0.2, -0.15) is 0 Å². The van der Waals surface area contributed by atoms with E-state index in [0.717, 1.165) is 44.5 Å². The van der Waals surface area contributed by atoms with Gasteiger partial charge in [0.25, 0.3) is 5.91 Å². The summed E-state index contributed by atoms with van der Waals surface area (Å²) < 4.78 is 13.8. The SMILES string of the molecule is CC(=O)c1ccccc1C(=O)N(C)CC1CCN(CCc2ccccc2F)CC1. The summed E-state index contributed by atoms with van der Waals surface area (Å²) >= 11 is 0. The second-order valence-electron chi connectivity index (χ2n) is 7.91. The van der Waals surface area contributed by atoms with Crippen LogP contribution in [0.15, 0.2) is 48.5 Å². The number of carbonyl (C=O) groups is 2. The molecule has 0 aromatic heterocycles. The lowest BCUT2D eigenvalue weighted by Gasteiger charge is -2.34. The summed E-state index contributed by atoms with van der Waals surface area (Å²) in [4.78, 5) is 28.7. The molecular weight excluding hydrogens is 367 g/mol. The van der Waals surface area contributed by atoms with Crippen LogP contribution < -0.4 is 0 Å². The number of Topliss-reactive ketones (excluding diaryl/α,β-unsaturated/α-hetero) is 1. The summed E-state index contributed by atoms with van der Waals surface area (Å²) in [6, 6.07) is 14.0. The molecule has 1 aliphatic rings. The Morgan fingerprint density at radius 2 is 1.66 bits per heavy atom. The van der Waals surface area contributed by atoms with Crippen LogP contribution in [0, 0.1) is 11.7 Å².